The van der Waals surface area contributed by atoms with E-state index in [1.807, 2.05) is 0 Å². The Balaban J connectivity index is 1.58. The molecule has 0 bridgehead atoms. The molecule has 128 valence electrons. The van der Waals surface area contributed by atoms with E-state index < -0.39 is 5.91 Å². The van der Waals surface area contributed by atoms with Crippen LogP contribution in [0.15, 0.2) is 40.9 Å². The molecular weight excluding hydrogens is 387 g/mol. The highest BCUT2D eigenvalue weighted by Gasteiger charge is 2.14. The summed E-state index contributed by atoms with van der Waals surface area (Å²) in [6, 6.07) is 10.1. The van der Waals surface area contributed by atoms with Crippen molar-refractivity contribution in [1.82, 2.24) is 20.4 Å². The maximum Gasteiger partial charge on any atom is 0.271 e. The molecule has 1 amide bonds. The highest BCUT2D eigenvalue weighted by atomic mass is 35.5. The van der Waals surface area contributed by atoms with Crippen LogP contribution >= 0.6 is 34.8 Å². The van der Waals surface area contributed by atoms with Gasteiger partial charge in [-0.3, -0.25) is 4.79 Å². The lowest BCUT2D eigenvalue weighted by Gasteiger charge is -2.04. The second kappa shape index (κ2) is 7.82. The lowest BCUT2D eigenvalue weighted by atomic mass is 10.2. The molecule has 0 fully saturated rings. The molecule has 0 saturated heterocycles. The number of halogens is 3. The van der Waals surface area contributed by atoms with E-state index in [-0.39, 0.29) is 22.4 Å². The van der Waals surface area contributed by atoms with E-state index in [0.717, 1.165) is 5.56 Å². The molecule has 1 aromatic carbocycles. The number of carbonyl (C=O) groups is 1. The van der Waals surface area contributed by atoms with Crippen LogP contribution in [0.5, 0.6) is 0 Å². The predicted octanol–water partition coefficient (Wildman–Crippen LogP) is 4.06. The minimum atomic E-state index is -0.426. The summed E-state index contributed by atoms with van der Waals surface area (Å²) in [6.45, 7) is 0.283. The molecule has 1 N–H and O–H groups in total. The zero-order valence-electron chi connectivity index (χ0n) is 12.7. The number of hydrogen-bond acceptors (Lipinski definition) is 5. The van der Waals surface area contributed by atoms with Gasteiger partial charge in [0, 0.05) is 23.6 Å². The number of rotatable bonds is 5. The molecular formula is C16H11Cl3N4O2. The van der Waals surface area contributed by atoms with Crippen LogP contribution in [0.4, 0.5) is 0 Å². The molecule has 0 radical (unpaired) electrons. The third-order valence-corrected chi connectivity index (χ3v) is 3.99. The first-order valence-corrected chi connectivity index (χ1v) is 8.35. The molecule has 3 aromatic rings. The van der Waals surface area contributed by atoms with E-state index >= 15 is 0 Å². The third-order valence-electron chi connectivity index (χ3n) is 3.22. The Hall–Kier alpha value is -2.15. The Labute approximate surface area is 158 Å². The number of nitrogens with one attached hydrogen (secondary N) is 1. The molecule has 0 atom stereocenters. The quantitative estimate of drug-likeness (QED) is 0.657. The summed E-state index contributed by atoms with van der Waals surface area (Å²) < 4.78 is 5.17. The topological polar surface area (TPSA) is 80.9 Å². The van der Waals surface area contributed by atoms with Gasteiger partial charge in [-0.05, 0) is 36.4 Å². The van der Waals surface area contributed by atoms with Crippen LogP contribution < -0.4 is 5.32 Å². The van der Waals surface area contributed by atoms with Crippen molar-refractivity contribution in [3.8, 4) is 11.4 Å². The van der Waals surface area contributed by atoms with Crippen molar-refractivity contribution in [2.24, 2.45) is 0 Å². The Morgan fingerprint density at radius 1 is 1.04 bits per heavy atom. The van der Waals surface area contributed by atoms with E-state index in [9.17, 15) is 4.79 Å². The maximum absolute atomic E-state index is 12.1. The summed E-state index contributed by atoms with van der Waals surface area (Å²) >= 11 is 17.6. The van der Waals surface area contributed by atoms with Crippen molar-refractivity contribution in [2.75, 3.05) is 6.54 Å². The van der Waals surface area contributed by atoms with Crippen molar-refractivity contribution in [2.45, 2.75) is 6.42 Å². The molecule has 2 aromatic heterocycles. The molecule has 0 saturated carbocycles. The summed E-state index contributed by atoms with van der Waals surface area (Å²) in [7, 11) is 0. The molecule has 25 heavy (non-hydrogen) atoms. The Morgan fingerprint density at radius 2 is 1.80 bits per heavy atom. The zero-order valence-corrected chi connectivity index (χ0v) is 14.9. The summed E-state index contributed by atoms with van der Waals surface area (Å²) in [4.78, 5) is 20.3. The Morgan fingerprint density at radius 3 is 2.56 bits per heavy atom. The summed E-state index contributed by atoms with van der Waals surface area (Å²) in [6.07, 6.45) is 0.366. The number of aromatic nitrogens is 3. The van der Waals surface area contributed by atoms with Crippen molar-refractivity contribution in [3.63, 3.8) is 0 Å². The molecule has 0 aliphatic heterocycles. The van der Waals surface area contributed by atoms with Crippen molar-refractivity contribution >= 4 is 40.7 Å². The van der Waals surface area contributed by atoms with E-state index in [2.05, 4.69) is 20.4 Å². The zero-order chi connectivity index (χ0) is 17.8. The van der Waals surface area contributed by atoms with Crippen LogP contribution in [0, 0.1) is 0 Å². The van der Waals surface area contributed by atoms with E-state index in [1.54, 1.807) is 24.3 Å². The summed E-state index contributed by atoms with van der Waals surface area (Å²) in [5.74, 6) is 0.429. The first kappa shape index (κ1) is 17.7. The van der Waals surface area contributed by atoms with Crippen LogP contribution in [0.3, 0.4) is 0 Å². The molecule has 9 heteroatoms. The fraction of sp³-hybridized carbons (Fsp3) is 0.125. The Kier molecular flexibility index (Phi) is 5.53. The predicted molar refractivity (Wildman–Crippen MR) is 95.0 cm³/mol. The van der Waals surface area contributed by atoms with Gasteiger partial charge in [-0.15, -0.1) is 0 Å². The van der Waals surface area contributed by atoms with Gasteiger partial charge in [0.15, 0.2) is 0 Å². The first-order valence-electron chi connectivity index (χ1n) is 7.21. The molecule has 3 rings (SSSR count). The largest absolute Gasteiger partial charge is 0.350 e. The maximum atomic E-state index is 12.1. The fourth-order valence-electron chi connectivity index (χ4n) is 2.02. The molecule has 0 aliphatic rings. The standard InChI is InChI=1S/C16H11Cl3N4O2/c17-10-3-1-9(2-4-10)15-22-13(25-23-15)7-8-20-16(24)14-11(18)5-6-12(19)21-14/h1-6H,7-8H2,(H,20,24). The van der Waals surface area contributed by atoms with Gasteiger partial charge in [0.25, 0.3) is 5.91 Å². The van der Waals surface area contributed by atoms with Crippen LogP contribution in [0.25, 0.3) is 11.4 Å². The lowest BCUT2D eigenvalue weighted by Crippen LogP contribution is -2.27. The van der Waals surface area contributed by atoms with Gasteiger partial charge in [-0.2, -0.15) is 4.98 Å². The van der Waals surface area contributed by atoms with E-state index in [4.69, 9.17) is 39.3 Å². The van der Waals surface area contributed by atoms with Crippen LogP contribution in [0.2, 0.25) is 15.2 Å². The normalized spacial score (nSPS) is 10.7. The SMILES string of the molecule is O=C(NCCc1nc(-c2ccc(Cl)cc2)no1)c1nc(Cl)ccc1Cl. The van der Waals surface area contributed by atoms with Gasteiger partial charge in [0.2, 0.25) is 11.7 Å². The number of amides is 1. The molecule has 0 spiro atoms. The number of hydrogen-bond donors (Lipinski definition) is 1. The van der Waals surface area contributed by atoms with Crippen molar-refractivity contribution in [1.29, 1.82) is 0 Å². The lowest BCUT2D eigenvalue weighted by molar-refractivity contribution is 0.0948. The first-order chi connectivity index (χ1) is 12.0. The molecule has 0 aliphatic carbocycles. The average molecular weight is 398 g/mol. The van der Waals surface area contributed by atoms with Gasteiger partial charge in [-0.1, -0.05) is 40.0 Å². The van der Waals surface area contributed by atoms with Crippen LogP contribution in [0.1, 0.15) is 16.4 Å². The van der Waals surface area contributed by atoms with Gasteiger partial charge >= 0.3 is 0 Å². The monoisotopic (exact) mass is 396 g/mol. The molecule has 2 heterocycles. The van der Waals surface area contributed by atoms with Gasteiger partial charge in [0.05, 0.1) is 5.02 Å². The summed E-state index contributed by atoms with van der Waals surface area (Å²) in [5, 5.41) is 7.64. The Bertz CT molecular complexity index is 897. The fourth-order valence-corrected chi connectivity index (χ4v) is 2.48. The molecule has 6 nitrogen and oxygen atoms in total. The van der Waals surface area contributed by atoms with E-state index in [1.165, 1.54) is 12.1 Å². The minimum absolute atomic E-state index is 0.0709. The van der Waals surface area contributed by atoms with Crippen molar-refractivity contribution < 1.29 is 9.32 Å². The van der Waals surface area contributed by atoms with E-state index in [0.29, 0.717) is 23.2 Å². The van der Waals surface area contributed by atoms with Crippen LogP contribution in [-0.2, 0) is 6.42 Å². The molecule has 0 unspecified atom stereocenters. The number of pyridine rings is 1. The summed E-state index contributed by atoms with van der Waals surface area (Å²) in [5.41, 5.74) is 0.861. The second-order valence-electron chi connectivity index (χ2n) is 4.99. The number of carbonyl (C=O) groups excluding carboxylic acids is 1. The average Bonchev–Trinajstić information content (AvgIpc) is 3.06. The minimum Gasteiger partial charge on any atom is -0.350 e. The van der Waals surface area contributed by atoms with Gasteiger partial charge in [0.1, 0.15) is 10.8 Å². The second-order valence-corrected chi connectivity index (χ2v) is 6.22. The highest BCUT2D eigenvalue weighted by Crippen LogP contribution is 2.19. The number of nitrogens with zero attached hydrogens (tertiary/aromatic N) is 3. The third kappa shape index (κ3) is 4.48. The van der Waals surface area contributed by atoms with Gasteiger partial charge < -0.3 is 9.84 Å². The smallest absolute Gasteiger partial charge is 0.271 e. The van der Waals surface area contributed by atoms with Crippen molar-refractivity contribution in [3.05, 3.63) is 63.2 Å². The highest BCUT2D eigenvalue weighted by molar-refractivity contribution is 6.34. The van der Waals surface area contributed by atoms with Gasteiger partial charge in [-0.25, -0.2) is 4.98 Å². The van der Waals surface area contributed by atoms with Crippen LogP contribution in [-0.4, -0.2) is 27.6 Å². The number of benzene rings is 1.